The second-order valence-corrected chi connectivity index (χ2v) is 6.51. The van der Waals surface area contributed by atoms with Crippen molar-refractivity contribution in [3.05, 3.63) is 29.8 Å². The van der Waals surface area contributed by atoms with Crippen LogP contribution in [0.2, 0.25) is 0 Å². The largest absolute Gasteiger partial charge is 0.461 e. The number of hydrogen-bond donors (Lipinski definition) is 1. The molecule has 3 nitrogen and oxygen atoms in total. The highest BCUT2D eigenvalue weighted by Crippen LogP contribution is 2.40. The van der Waals surface area contributed by atoms with Crippen LogP contribution in [0.15, 0.2) is 24.3 Å². The molecule has 1 heterocycles. The summed E-state index contributed by atoms with van der Waals surface area (Å²) in [6.45, 7) is 3.75. The molecular formula is C17H22F4N2O. The van der Waals surface area contributed by atoms with Crippen molar-refractivity contribution in [2.45, 2.75) is 37.8 Å². The molecule has 3 rings (SSSR count). The normalized spacial score (nSPS) is 21.0. The zero-order valence-electron chi connectivity index (χ0n) is 13.4. The molecule has 1 saturated heterocycles. The first-order chi connectivity index (χ1) is 11.5. The SMILES string of the molecule is FC(F)C(F)(F)Oc1ccc([C@@H](CC2CC2)N2CCNCC2)cc1. The molecule has 1 saturated carbocycles. The van der Waals surface area contributed by atoms with Crippen molar-refractivity contribution in [3.8, 4) is 5.75 Å². The van der Waals surface area contributed by atoms with E-state index < -0.39 is 12.5 Å². The van der Waals surface area contributed by atoms with Gasteiger partial charge in [-0.25, -0.2) is 0 Å². The molecule has 1 aliphatic heterocycles. The molecule has 1 aromatic carbocycles. The number of nitrogens with one attached hydrogen (secondary N) is 1. The molecule has 1 aliphatic carbocycles. The molecule has 2 aliphatic rings. The van der Waals surface area contributed by atoms with Crippen LogP contribution in [0.3, 0.4) is 0 Å². The van der Waals surface area contributed by atoms with Crippen LogP contribution in [0.25, 0.3) is 0 Å². The van der Waals surface area contributed by atoms with Crippen LogP contribution in [0.5, 0.6) is 5.75 Å². The lowest BCUT2D eigenvalue weighted by atomic mass is 9.98. The molecule has 0 aromatic heterocycles. The fourth-order valence-corrected chi connectivity index (χ4v) is 3.12. The van der Waals surface area contributed by atoms with Gasteiger partial charge in [0.15, 0.2) is 0 Å². The molecule has 7 heteroatoms. The minimum atomic E-state index is -4.46. The Morgan fingerprint density at radius 3 is 2.29 bits per heavy atom. The summed E-state index contributed by atoms with van der Waals surface area (Å²) in [4.78, 5) is 2.40. The Balaban J connectivity index is 1.71. The van der Waals surface area contributed by atoms with E-state index in [1.807, 2.05) is 0 Å². The van der Waals surface area contributed by atoms with Gasteiger partial charge in [0.1, 0.15) is 5.75 Å². The average Bonchev–Trinajstić information content (AvgIpc) is 3.38. The Kier molecular flexibility index (Phi) is 5.30. The van der Waals surface area contributed by atoms with Crippen molar-refractivity contribution in [3.63, 3.8) is 0 Å². The van der Waals surface area contributed by atoms with E-state index in [2.05, 4.69) is 15.0 Å². The fourth-order valence-electron chi connectivity index (χ4n) is 3.12. The predicted molar refractivity (Wildman–Crippen MR) is 82.5 cm³/mol. The molecule has 1 atom stereocenters. The molecule has 0 bridgehead atoms. The lowest BCUT2D eigenvalue weighted by Crippen LogP contribution is -2.45. The molecule has 2 fully saturated rings. The quantitative estimate of drug-likeness (QED) is 0.763. The Hall–Kier alpha value is -1.34. The van der Waals surface area contributed by atoms with Crippen molar-refractivity contribution < 1.29 is 22.3 Å². The highest BCUT2D eigenvalue weighted by Gasteiger charge is 2.44. The Bertz CT molecular complexity index is 528. The van der Waals surface area contributed by atoms with E-state index in [1.165, 1.54) is 25.0 Å². The summed E-state index contributed by atoms with van der Waals surface area (Å²) < 4.78 is 54.5. The van der Waals surface area contributed by atoms with Crippen LogP contribution >= 0.6 is 0 Å². The van der Waals surface area contributed by atoms with Gasteiger partial charge in [-0.05, 0) is 30.0 Å². The molecule has 0 radical (unpaired) electrons. The van der Waals surface area contributed by atoms with Crippen LogP contribution in [0, 0.1) is 5.92 Å². The maximum atomic E-state index is 13.0. The van der Waals surface area contributed by atoms with Crippen molar-refractivity contribution in [1.29, 1.82) is 0 Å². The number of benzene rings is 1. The lowest BCUT2D eigenvalue weighted by Gasteiger charge is -2.35. The maximum absolute atomic E-state index is 13.0. The number of nitrogens with zero attached hydrogens (tertiary/aromatic N) is 1. The highest BCUT2D eigenvalue weighted by atomic mass is 19.3. The summed E-state index contributed by atoms with van der Waals surface area (Å²) in [5, 5.41) is 3.32. The zero-order chi connectivity index (χ0) is 17.2. The Morgan fingerprint density at radius 2 is 1.75 bits per heavy atom. The van der Waals surface area contributed by atoms with E-state index in [4.69, 9.17) is 0 Å². The summed E-state index contributed by atoms with van der Waals surface area (Å²) in [6, 6.07) is 6.38. The molecular weight excluding hydrogens is 324 g/mol. The van der Waals surface area contributed by atoms with Crippen LogP contribution in [-0.4, -0.2) is 43.6 Å². The second-order valence-electron chi connectivity index (χ2n) is 6.51. The Labute approximate surface area is 139 Å². The number of hydrogen-bond acceptors (Lipinski definition) is 3. The van der Waals surface area contributed by atoms with Gasteiger partial charge < -0.3 is 10.1 Å². The summed E-state index contributed by atoms with van der Waals surface area (Å²) in [6.07, 6.45) is -4.78. The maximum Gasteiger partial charge on any atom is 0.461 e. The molecule has 24 heavy (non-hydrogen) atoms. The van der Waals surface area contributed by atoms with Crippen molar-refractivity contribution in [2.75, 3.05) is 26.2 Å². The third kappa shape index (κ3) is 4.39. The molecule has 134 valence electrons. The third-order valence-corrected chi connectivity index (χ3v) is 4.62. The van der Waals surface area contributed by atoms with Gasteiger partial charge in [-0.2, -0.15) is 17.6 Å². The van der Waals surface area contributed by atoms with Crippen LogP contribution in [0.1, 0.15) is 30.9 Å². The molecule has 1 aromatic rings. The number of piperazine rings is 1. The minimum Gasteiger partial charge on any atom is -0.428 e. The number of alkyl halides is 4. The standard InChI is InChI=1S/C17H22F4N2O/c18-16(19)17(20,21)24-14-5-3-13(4-6-14)15(11-12-1-2-12)23-9-7-22-8-10-23/h3-6,12,15-16,22H,1-2,7-11H2/t15-/m1/s1. The highest BCUT2D eigenvalue weighted by molar-refractivity contribution is 5.30. The monoisotopic (exact) mass is 346 g/mol. The predicted octanol–water partition coefficient (Wildman–Crippen LogP) is 3.67. The summed E-state index contributed by atoms with van der Waals surface area (Å²) in [5.41, 5.74) is 1.02. The number of ether oxygens (including phenoxy) is 1. The first kappa shape index (κ1) is 17.5. The van der Waals surface area contributed by atoms with Crippen molar-refractivity contribution in [2.24, 2.45) is 5.92 Å². The van der Waals surface area contributed by atoms with Gasteiger partial charge in [-0.1, -0.05) is 25.0 Å². The summed E-state index contributed by atoms with van der Waals surface area (Å²) in [5.74, 6) is 0.485. The van der Waals surface area contributed by atoms with Crippen LogP contribution < -0.4 is 10.1 Å². The van der Waals surface area contributed by atoms with Gasteiger partial charge in [-0.15, -0.1) is 0 Å². The van der Waals surface area contributed by atoms with E-state index >= 15 is 0 Å². The molecule has 0 spiro atoms. The number of halogens is 4. The first-order valence-corrected chi connectivity index (χ1v) is 8.35. The van der Waals surface area contributed by atoms with E-state index in [9.17, 15) is 17.6 Å². The lowest BCUT2D eigenvalue weighted by molar-refractivity contribution is -0.253. The Morgan fingerprint density at radius 1 is 1.12 bits per heavy atom. The van der Waals surface area contributed by atoms with Gasteiger partial charge in [0, 0.05) is 32.2 Å². The molecule has 0 unspecified atom stereocenters. The minimum absolute atomic E-state index is 0.240. The van der Waals surface area contributed by atoms with Gasteiger partial charge in [0.05, 0.1) is 0 Å². The third-order valence-electron chi connectivity index (χ3n) is 4.62. The smallest absolute Gasteiger partial charge is 0.428 e. The second kappa shape index (κ2) is 7.27. The molecule has 1 N–H and O–H groups in total. The van der Waals surface area contributed by atoms with Crippen molar-refractivity contribution >= 4 is 0 Å². The van der Waals surface area contributed by atoms with Crippen LogP contribution in [0.4, 0.5) is 17.6 Å². The van der Waals surface area contributed by atoms with Gasteiger partial charge >= 0.3 is 12.5 Å². The first-order valence-electron chi connectivity index (χ1n) is 8.35. The van der Waals surface area contributed by atoms with Gasteiger partial charge in [-0.3, -0.25) is 4.90 Å². The fraction of sp³-hybridized carbons (Fsp3) is 0.647. The van der Waals surface area contributed by atoms with Gasteiger partial charge in [0.2, 0.25) is 0 Å². The number of rotatable bonds is 7. The van der Waals surface area contributed by atoms with E-state index in [1.54, 1.807) is 12.1 Å². The van der Waals surface area contributed by atoms with Gasteiger partial charge in [0.25, 0.3) is 0 Å². The van der Waals surface area contributed by atoms with E-state index in [0.717, 1.165) is 44.1 Å². The van der Waals surface area contributed by atoms with Crippen molar-refractivity contribution in [1.82, 2.24) is 10.2 Å². The summed E-state index contributed by atoms with van der Waals surface area (Å²) >= 11 is 0. The summed E-state index contributed by atoms with van der Waals surface area (Å²) in [7, 11) is 0. The topological polar surface area (TPSA) is 24.5 Å². The molecule has 0 amide bonds. The van der Waals surface area contributed by atoms with Crippen LogP contribution in [-0.2, 0) is 0 Å². The van der Waals surface area contributed by atoms with E-state index in [-0.39, 0.29) is 11.8 Å². The average molecular weight is 346 g/mol. The zero-order valence-corrected chi connectivity index (χ0v) is 13.4. The van der Waals surface area contributed by atoms with E-state index in [0.29, 0.717) is 0 Å².